The summed E-state index contributed by atoms with van der Waals surface area (Å²) in [4.78, 5) is 12.1. The van der Waals surface area contributed by atoms with Crippen LogP contribution in [0.5, 0.6) is 0 Å². The largest absolute Gasteiger partial charge is 0.461 e. The van der Waals surface area contributed by atoms with Crippen molar-refractivity contribution in [3.8, 4) is 0 Å². The summed E-state index contributed by atoms with van der Waals surface area (Å²) in [5.41, 5.74) is 2.03. The molecule has 1 N–H and O–H groups in total. The number of hydrogen-bond donors (Lipinski definition) is 1. The highest BCUT2D eigenvalue weighted by molar-refractivity contribution is 5.70. The molecule has 1 fully saturated rings. The van der Waals surface area contributed by atoms with Gasteiger partial charge in [0.05, 0.1) is 24.7 Å². The highest BCUT2D eigenvalue weighted by Crippen LogP contribution is 2.24. The number of aliphatic hydroxyl groups is 1. The topological polar surface area (TPSA) is 55.8 Å². The number of carbonyl (C=O) groups is 1. The van der Waals surface area contributed by atoms with Crippen LogP contribution in [0.3, 0.4) is 0 Å². The third kappa shape index (κ3) is 5.83. The molecular formula is C22H24O4. The lowest BCUT2D eigenvalue weighted by atomic mass is 9.98. The molecule has 0 unspecified atom stereocenters. The van der Waals surface area contributed by atoms with Crippen LogP contribution in [0, 0.1) is 0 Å². The van der Waals surface area contributed by atoms with Crippen molar-refractivity contribution in [2.75, 3.05) is 0 Å². The fraction of sp³-hybridized carbons (Fsp3) is 0.318. The first-order chi connectivity index (χ1) is 12.7. The van der Waals surface area contributed by atoms with Crippen molar-refractivity contribution in [2.45, 2.75) is 44.2 Å². The average molecular weight is 352 g/mol. The Bertz CT molecular complexity index is 711. The van der Waals surface area contributed by atoms with Gasteiger partial charge in [-0.15, -0.1) is 0 Å². The van der Waals surface area contributed by atoms with E-state index in [0.717, 1.165) is 11.1 Å². The van der Waals surface area contributed by atoms with Crippen LogP contribution >= 0.6 is 0 Å². The number of rotatable bonds is 6. The fourth-order valence-corrected chi connectivity index (χ4v) is 3.05. The van der Waals surface area contributed by atoms with Gasteiger partial charge < -0.3 is 14.6 Å². The number of ether oxygens (including phenoxy) is 2. The third-order valence-electron chi connectivity index (χ3n) is 4.35. The van der Waals surface area contributed by atoms with Crippen molar-refractivity contribution in [1.82, 2.24) is 0 Å². The molecule has 0 aliphatic carbocycles. The summed E-state index contributed by atoms with van der Waals surface area (Å²) in [6, 6.07) is 19.5. The predicted octanol–water partition coefficient (Wildman–Crippen LogP) is 3.74. The van der Waals surface area contributed by atoms with E-state index in [0.29, 0.717) is 12.8 Å². The molecule has 0 radical (unpaired) electrons. The quantitative estimate of drug-likeness (QED) is 0.805. The van der Waals surface area contributed by atoms with Crippen LogP contribution in [0.4, 0.5) is 0 Å². The number of carbonyl (C=O) groups excluding carboxylic acids is 1. The fourth-order valence-electron chi connectivity index (χ4n) is 3.05. The zero-order valence-corrected chi connectivity index (χ0v) is 14.7. The van der Waals surface area contributed by atoms with Crippen molar-refractivity contribution in [2.24, 2.45) is 0 Å². The Kier molecular flexibility index (Phi) is 6.58. The summed E-state index contributed by atoms with van der Waals surface area (Å²) in [6.45, 7) is 0.256. The van der Waals surface area contributed by atoms with Gasteiger partial charge in [-0.1, -0.05) is 72.8 Å². The van der Waals surface area contributed by atoms with Crippen LogP contribution in [-0.4, -0.2) is 29.4 Å². The van der Waals surface area contributed by atoms with Crippen molar-refractivity contribution in [3.63, 3.8) is 0 Å². The Morgan fingerprint density at radius 1 is 1.08 bits per heavy atom. The van der Waals surface area contributed by atoms with E-state index < -0.39 is 6.10 Å². The molecule has 0 saturated carbocycles. The standard InChI is InChI=1S/C22H24O4/c23-19-13-20(12-11-17-7-3-1-4-8-17)26-21(14-19)15-22(24)25-16-18-9-5-2-6-10-18/h1-12,19-21,23H,13-16H2/b12-11+/t19-,20+,21+/m1/s1. The van der Waals surface area contributed by atoms with Gasteiger partial charge in [0.1, 0.15) is 6.61 Å². The number of benzene rings is 2. The van der Waals surface area contributed by atoms with Crippen LogP contribution in [0.15, 0.2) is 66.7 Å². The van der Waals surface area contributed by atoms with Gasteiger partial charge in [0.25, 0.3) is 0 Å². The molecule has 1 aliphatic heterocycles. The SMILES string of the molecule is O=C(C[C@@H]1C[C@H](O)C[C@H](/C=C/c2ccccc2)O1)OCc1ccccc1. The molecule has 3 rings (SSSR count). The summed E-state index contributed by atoms with van der Waals surface area (Å²) >= 11 is 0. The maximum Gasteiger partial charge on any atom is 0.308 e. The monoisotopic (exact) mass is 352 g/mol. The Balaban J connectivity index is 1.49. The molecule has 2 aromatic rings. The lowest BCUT2D eigenvalue weighted by molar-refractivity contribution is -0.152. The summed E-state index contributed by atoms with van der Waals surface area (Å²) in [7, 11) is 0. The molecular weight excluding hydrogens is 328 g/mol. The van der Waals surface area contributed by atoms with Crippen molar-refractivity contribution >= 4 is 12.0 Å². The Morgan fingerprint density at radius 3 is 2.50 bits per heavy atom. The second kappa shape index (κ2) is 9.32. The van der Waals surface area contributed by atoms with Gasteiger partial charge in [-0.2, -0.15) is 0 Å². The highest BCUT2D eigenvalue weighted by atomic mass is 16.5. The second-order valence-corrected chi connectivity index (χ2v) is 6.54. The van der Waals surface area contributed by atoms with Gasteiger partial charge in [0.2, 0.25) is 0 Å². The first kappa shape index (κ1) is 18.4. The minimum absolute atomic E-state index is 0.152. The molecule has 2 aromatic carbocycles. The van der Waals surface area contributed by atoms with Crippen LogP contribution in [0.2, 0.25) is 0 Å². The van der Waals surface area contributed by atoms with E-state index in [2.05, 4.69) is 0 Å². The summed E-state index contributed by atoms with van der Waals surface area (Å²) in [5.74, 6) is -0.307. The van der Waals surface area contributed by atoms with Crippen molar-refractivity contribution in [1.29, 1.82) is 0 Å². The van der Waals surface area contributed by atoms with E-state index in [1.54, 1.807) is 0 Å². The molecule has 1 saturated heterocycles. The predicted molar refractivity (Wildman–Crippen MR) is 100 cm³/mol. The lowest BCUT2D eigenvalue weighted by Crippen LogP contribution is -2.36. The Labute approximate surface area is 154 Å². The summed E-state index contributed by atoms with van der Waals surface area (Å²) in [5, 5.41) is 10.1. The molecule has 0 aromatic heterocycles. The van der Waals surface area contributed by atoms with Crippen LogP contribution < -0.4 is 0 Å². The smallest absolute Gasteiger partial charge is 0.308 e. The van der Waals surface area contributed by atoms with E-state index in [9.17, 15) is 9.90 Å². The van der Waals surface area contributed by atoms with Gasteiger partial charge in [-0.25, -0.2) is 0 Å². The molecule has 0 amide bonds. The maximum atomic E-state index is 12.1. The van der Waals surface area contributed by atoms with E-state index in [1.165, 1.54) is 0 Å². The van der Waals surface area contributed by atoms with Crippen LogP contribution in [-0.2, 0) is 20.9 Å². The zero-order valence-electron chi connectivity index (χ0n) is 14.7. The number of hydrogen-bond acceptors (Lipinski definition) is 4. The van der Waals surface area contributed by atoms with Crippen molar-refractivity contribution in [3.05, 3.63) is 77.9 Å². The normalized spacial score (nSPS) is 23.0. The van der Waals surface area contributed by atoms with Gasteiger partial charge >= 0.3 is 5.97 Å². The lowest BCUT2D eigenvalue weighted by Gasteiger charge is -2.31. The zero-order chi connectivity index (χ0) is 18.2. The molecule has 4 heteroatoms. The number of esters is 1. The molecule has 0 spiro atoms. The molecule has 1 heterocycles. The minimum Gasteiger partial charge on any atom is -0.461 e. The second-order valence-electron chi connectivity index (χ2n) is 6.54. The number of aliphatic hydroxyl groups excluding tert-OH is 1. The minimum atomic E-state index is -0.471. The molecule has 1 aliphatic rings. The van der Waals surface area contributed by atoms with E-state index >= 15 is 0 Å². The average Bonchev–Trinajstić information content (AvgIpc) is 2.66. The van der Waals surface area contributed by atoms with E-state index in [1.807, 2.05) is 72.8 Å². The van der Waals surface area contributed by atoms with Gasteiger partial charge in [0, 0.05) is 12.8 Å². The van der Waals surface area contributed by atoms with Gasteiger partial charge in [0.15, 0.2) is 0 Å². The van der Waals surface area contributed by atoms with Crippen molar-refractivity contribution < 1.29 is 19.4 Å². The maximum absolute atomic E-state index is 12.1. The third-order valence-corrected chi connectivity index (χ3v) is 4.35. The van der Waals surface area contributed by atoms with Gasteiger partial charge in [-0.05, 0) is 11.1 Å². The molecule has 0 bridgehead atoms. The molecule has 4 nitrogen and oxygen atoms in total. The van der Waals surface area contributed by atoms with Crippen LogP contribution in [0.25, 0.3) is 6.08 Å². The van der Waals surface area contributed by atoms with Gasteiger partial charge in [-0.3, -0.25) is 4.79 Å². The van der Waals surface area contributed by atoms with E-state index in [4.69, 9.17) is 9.47 Å². The molecule has 26 heavy (non-hydrogen) atoms. The van der Waals surface area contributed by atoms with Crippen LogP contribution in [0.1, 0.15) is 30.4 Å². The first-order valence-electron chi connectivity index (χ1n) is 8.95. The molecule has 3 atom stereocenters. The summed E-state index contributed by atoms with van der Waals surface area (Å²) in [6.07, 6.45) is 4.07. The molecule has 136 valence electrons. The highest BCUT2D eigenvalue weighted by Gasteiger charge is 2.29. The Hall–Kier alpha value is -2.43. The Morgan fingerprint density at radius 2 is 1.77 bits per heavy atom. The van der Waals surface area contributed by atoms with E-state index in [-0.39, 0.29) is 31.2 Å². The first-order valence-corrected chi connectivity index (χ1v) is 8.95. The summed E-state index contributed by atoms with van der Waals surface area (Å²) < 4.78 is 11.3.